The van der Waals surface area contributed by atoms with Crippen molar-refractivity contribution < 1.29 is 14.1 Å². The predicted octanol–water partition coefficient (Wildman–Crippen LogP) is 4.22. The van der Waals surface area contributed by atoms with Gasteiger partial charge in [0.25, 0.3) is 0 Å². The van der Waals surface area contributed by atoms with Crippen molar-refractivity contribution in [1.29, 1.82) is 0 Å². The molecule has 0 bridgehead atoms. The molecule has 0 saturated heterocycles. The number of nitrogens with zero attached hydrogens (tertiary/aromatic N) is 3. The largest absolute Gasteiger partial charge is 0.489 e. The van der Waals surface area contributed by atoms with Crippen LogP contribution in [0.3, 0.4) is 0 Å². The molecule has 3 aromatic rings. The number of hydrogen-bond donors (Lipinski definition) is 1. The smallest absolute Gasteiger partial charge is 0.229 e. The molecule has 1 aliphatic carbocycles. The third kappa shape index (κ3) is 4.50. The van der Waals surface area contributed by atoms with E-state index in [1.165, 1.54) is 12.8 Å². The molecule has 1 N–H and O–H groups in total. The average molecular weight is 394 g/mol. The summed E-state index contributed by atoms with van der Waals surface area (Å²) in [5.41, 5.74) is 2.73. The van der Waals surface area contributed by atoms with E-state index < -0.39 is 0 Å². The van der Waals surface area contributed by atoms with Crippen LogP contribution in [0.2, 0.25) is 0 Å². The Balaban J connectivity index is 1.32. The Morgan fingerprint density at radius 3 is 2.69 bits per heavy atom. The Morgan fingerprint density at radius 2 is 2.03 bits per heavy atom. The summed E-state index contributed by atoms with van der Waals surface area (Å²) in [7, 11) is 0. The quantitative estimate of drug-likeness (QED) is 0.619. The first kappa shape index (κ1) is 19.2. The average Bonchev–Trinajstić information content (AvgIpc) is 3.38. The zero-order valence-corrected chi connectivity index (χ0v) is 17.0. The number of aromatic nitrogens is 3. The summed E-state index contributed by atoms with van der Waals surface area (Å²) in [6.07, 6.45) is 4.50. The fourth-order valence-corrected chi connectivity index (χ4v) is 3.46. The van der Waals surface area contributed by atoms with E-state index in [1.807, 2.05) is 48.9 Å². The highest BCUT2D eigenvalue weighted by atomic mass is 16.5. The number of aryl methyl sites for hydroxylation is 2. The zero-order chi connectivity index (χ0) is 20.4. The molecule has 1 fully saturated rings. The molecule has 1 amide bonds. The number of carbonyl (C=O) groups excluding carboxylic acids is 1. The van der Waals surface area contributed by atoms with E-state index in [4.69, 9.17) is 9.26 Å². The lowest BCUT2D eigenvalue weighted by atomic mass is 10.1. The minimum absolute atomic E-state index is 0.0564. The lowest BCUT2D eigenvalue weighted by Gasteiger charge is -2.15. The SMILES string of the molecule is Cc1noc(C)c1COc1ccc(CC(=O)Nc2ccnn2C(C)C2CC2)cc1. The Bertz CT molecular complexity index is 966. The third-order valence-electron chi connectivity index (χ3n) is 5.48. The van der Waals surface area contributed by atoms with Crippen LogP contribution >= 0.6 is 0 Å². The van der Waals surface area contributed by atoms with Crippen molar-refractivity contribution in [3.63, 3.8) is 0 Å². The monoisotopic (exact) mass is 394 g/mol. The van der Waals surface area contributed by atoms with Gasteiger partial charge in [0, 0.05) is 6.07 Å². The lowest BCUT2D eigenvalue weighted by Crippen LogP contribution is -2.19. The van der Waals surface area contributed by atoms with Gasteiger partial charge in [-0.25, -0.2) is 4.68 Å². The fraction of sp³-hybridized carbons (Fsp3) is 0.409. The van der Waals surface area contributed by atoms with Crippen molar-refractivity contribution in [2.75, 3.05) is 5.32 Å². The second-order valence-electron chi connectivity index (χ2n) is 7.70. The molecular weight excluding hydrogens is 368 g/mol. The Hall–Kier alpha value is -3.09. The van der Waals surface area contributed by atoms with Gasteiger partial charge in [-0.15, -0.1) is 0 Å². The molecule has 29 heavy (non-hydrogen) atoms. The topological polar surface area (TPSA) is 82.2 Å². The normalized spacial score (nSPS) is 14.6. The standard InChI is InChI=1S/C22H26N4O3/c1-14-20(16(3)29-25-14)13-28-19-8-4-17(5-9-19)12-22(27)24-21-10-11-23-26(21)15(2)18-6-7-18/h4-5,8-11,15,18H,6-7,12-13H2,1-3H3,(H,24,27). The van der Waals surface area contributed by atoms with Gasteiger partial charge in [-0.2, -0.15) is 5.10 Å². The van der Waals surface area contributed by atoms with Crippen molar-refractivity contribution in [1.82, 2.24) is 14.9 Å². The Kier molecular flexibility index (Phi) is 5.38. The first-order chi connectivity index (χ1) is 14.0. The van der Waals surface area contributed by atoms with Gasteiger partial charge < -0.3 is 14.6 Å². The van der Waals surface area contributed by atoms with Gasteiger partial charge in [0.2, 0.25) is 5.91 Å². The molecule has 7 heteroatoms. The van der Waals surface area contributed by atoms with Gasteiger partial charge in [0.05, 0.1) is 29.9 Å². The van der Waals surface area contributed by atoms with Crippen molar-refractivity contribution >= 4 is 11.7 Å². The van der Waals surface area contributed by atoms with Crippen molar-refractivity contribution in [3.8, 4) is 5.75 Å². The maximum Gasteiger partial charge on any atom is 0.229 e. The summed E-state index contributed by atoms with van der Waals surface area (Å²) in [5.74, 6) is 2.88. The number of nitrogens with one attached hydrogen (secondary N) is 1. The summed E-state index contributed by atoms with van der Waals surface area (Å²) >= 11 is 0. The van der Waals surface area contributed by atoms with Gasteiger partial charge in [-0.3, -0.25) is 4.79 Å². The van der Waals surface area contributed by atoms with E-state index in [0.29, 0.717) is 25.0 Å². The predicted molar refractivity (Wildman–Crippen MR) is 109 cm³/mol. The maximum absolute atomic E-state index is 12.5. The number of anilines is 1. The highest BCUT2D eigenvalue weighted by Crippen LogP contribution is 2.40. The molecule has 1 atom stereocenters. The molecule has 152 valence electrons. The van der Waals surface area contributed by atoms with Crippen LogP contribution in [0, 0.1) is 19.8 Å². The molecule has 1 aromatic carbocycles. The number of benzene rings is 1. The molecule has 1 saturated carbocycles. The van der Waals surface area contributed by atoms with Crippen LogP contribution in [0.15, 0.2) is 41.1 Å². The van der Waals surface area contributed by atoms with Crippen molar-refractivity contribution in [2.24, 2.45) is 5.92 Å². The maximum atomic E-state index is 12.5. The highest BCUT2D eigenvalue weighted by molar-refractivity contribution is 5.91. The van der Waals surface area contributed by atoms with E-state index in [-0.39, 0.29) is 5.91 Å². The van der Waals surface area contributed by atoms with Crippen molar-refractivity contribution in [2.45, 2.75) is 52.7 Å². The van der Waals surface area contributed by atoms with Gasteiger partial charge >= 0.3 is 0 Å². The molecule has 2 heterocycles. The molecule has 0 radical (unpaired) electrons. The minimum Gasteiger partial charge on any atom is -0.489 e. The van der Waals surface area contributed by atoms with E-state index in [9.17, 15) is 4.79 Å². The molecule has 7 nitrogen and oxygen atoms in total. The molecule has 0 spiro atoms. The van der Waals surface area contributed by atoms with Crippen LogP contribution in [0.25, 0.3) is 0 Å². The van der Waals surface area contributed by atoms with Gasteiger partial charge in [-0.1, -0.05) is 17.3 Å². The lowest BCUT2D eigenvalue weighted by molar-refractivity contribution is -0.115. The van der Waals surface area contributed by atoms with Gasteiger partial charge in [-0.05, 0) is 57.2 Å². The number of carbonyl (C=O) groups is 1. The fourth-order valence-electron chi connectivity index (χ4n) is 3.46. The first-order valence-electron chi connectivity index (χ1n) is 9.98. The van der Waals surface area contributed by atoms with Crippen LogP contribution in [0.5, 0.6) is 5.75 Å². The summed E-state index contributed by atoms with van der Waals surface area (Å²) < 4.78 is 12.9. The van der Waals surface area contributed by atoms with Gasteiger partial charge in [0.15, 0.2) is 0 Å². The van der Waals surface area contributed by atoms with E-state index in [1.54, 1.807) is 6.20 Å². The van der Waals surface area contributed by atoms with Crippen LogP contribution in [-0.4, -0.2) is 20.8 Å². The number of hydrogen-bond acceptors (Lipinski definition) is 5. The summed E-state index contributed by atoms with van der Waals surface area (Å²) in [6, 6.07) is 9.73. The number of rotatable bonds is 8. The van der Waals surface area contributed by atoms with Crippen LogP contribution in [0.4, 0.5) is 5.82 Å². The number of ether oxygens (including phenoxy) is 1. The van der Waals surface area contributed by atoms with Crippen LogP contribution < -0.4 is 10.1 Å². The van der Waals surface area contributed by atoms with Crippen LogP contribution in [-0.2, 0) is 17.8 Å². The molecule has 1 aliphatic rings. The molecular formula is C22H26N4O3. The van der Waals surface area contributed by atoms with Crippen molar-refractivity contribution in [3.05, 3.63) is 59.1 Å². The molecule has 2 aromatic heterocycles. The second-order valence-corrected chi connectivity index (χ2v) is 7.70. The zero-order valence-electron chi connectivity index (χ0n) is 17.0. The Morgan fingerprint density at radius 1 is 1.28 bits per heavy atom. The third-order valence-corrected chi connectivity index (χ3v) is 5.48. The van der Waals surface area contributed by atoms with E-state index in [2.05, 4.69) is 22.5 Å². The minimum atomic E-state index is -0.0564. The van der Waals surface area contributed by atoms with E-state index in [0.717, 1.165) is 34.1 Å². The second kappa shape index (κ2) is 8.11. The van der Waals surface area contributed by atoms with E-state index >= 15 is 0 Å². The summed E-state index contributed by atoms with van der Waals surface area (Å²) in [4.78, 5) is 12.5. The first-order valence-corrected chi connectivity index (χ1v) is 9.98. The Labute approximate surface area is 170 Å². The molecule has 4 rings (SSSR count). The summed E-state index contributed by atoms with van der Waals surface area (Å²) in [6.45, 7) is 6.33. The summed E-state index contributed by atoms with van der Waals surface area (Å²) in [5, 5.41) is 11.3. The molecule has 1 unspecified atom stereocenters. The van der Waals surface area contributed by atoms with Crippen LogP contribution in [0.1, 0.15) is 48.4 Å². The number of amides is 1. The molecule has 0 aliphatic heterocycles. The van der Waals surface area contributed by atoms with Gasteiger partial charge in [0.1, 0.15) is 23.9 Å². The highest BCUT2D eigenvalue weighted by Gasteiger charge is 2.30.